The first kappa shape index (κ1) is 11.7. The van der Waals surface area contributed by atoms with Crippen molar-refractivity contribution < 1.29 is 14.7 Å². The van der Waals surface area contributed by atoms with Crippen LogP contribution in [0, 0.1) is 5.41 Å². The zero-order valence-corrected chi connectivity index (χ0v) is 9.81. The second-order valence-electron chi connectivity index (χ2n) is 5.00. The monoisotopic (exact) mass is 228 g/mol. The van der Waals surface area contributed by atoms with Crippen LogP contribution in [0.5, 0.6) is 0 Å². The van der Waals surface area contributed by atoms with Crippen molar-refractivity contribution in [3.05, 3.63) is 0 Å². The van der Waals surface area contributed by atoms with Crippen molar-refractivity contribution in [2.75, 3.05) is 32.7 Å². The van der Waals surface area contributed by atoms with Crippen molar-refractivity contribution in [1.82, 2.24) is 9.96 Å². The minimum atomic E-state index is -1.20. The number of hydrogen-bond donors (Lipinski definition) is 1. The van der Waals surface area contributed by atoms with E-state index in [-0.39, 0.29) is 0 Å². The minimum absolute atomic E-state index is 0.333. The third-order valence-electron chi connectivity index (χ3n) is 3.69. The van der Waals surface area contributed by atoms with E-state index >= 15 is 0 Å². The number of carbonyl (C=O) groups is 1. The summed E-state index contributed by atoms with van der Waals surface area (Å²) < 4.78 is 0. The molecule has 0 atom stereocenters. The Morgan fingerprint density at radius 2 is 2.00 bits per heavy atom. The van der Waals surface area contributed by atoms with Crippen molar-refractivity contribution in [3.63, 3.8) is 0 Å². The first-order valence-electron chi connectivity index (χ1n) is 6.02. The van der Waals surface area contributed by atoms with Gasteiger partial charge in [-0.1, -0.05) is 6.92 Å². The van der Waals surface area contributed by atoms with Gasteiger partial charge in [0.2, 0.25) is 0 Å². The second kappa shape index (κ2) is 4.59. The fourth-order valence-electron chi connectivity index (χ4n) is 2.76. The molecule has 16 heavy (non-hydrogen) atoms. The van der Waals surface area contributed by atoms with Crippen LogP contribution >= 0.6 is 0 Å². The average Bonchev–Trinajstić information content (AvgIpc) is 2.18. The van der Waals surface area contributed by atoms with E-state index in [2.05, 4.69) is 16.7 Å². The van der Waals surface area contributed by atoms with Gasteiger partial charge in [0.25, 0.3) is 0 Å². The quantitative estimate of drug-likeness (QED) is 0.791. The Bertz CT molecular complexity index is 254. The number of piperidine rings is 1. The lowest BCUT2D eigenvalue weighted by molar-refractivity contribution is -0.227. The Morgan fingerprint density at radius 1 is 1.38 bits per heavy atom. The first-order valence-corrected chi connectivity index (χ1v) is 6.02. The minimum Gasteiger partial charge on any atom is -0.448 e. The maximum Gasteiger partial charge on any atom is 0.525 e. The highest BCUT2D eigenvalue weighted by molar-refractivity contribution is 5.56. The van der Waals surface area contributed by atoms with E-state index < -0.39 is 6.16 Å². The Hall–Kier alpha value is -0.810. The normalized spacial score (nSPS) is 25.3. The molecule has 0 amide bonds. The molecule has 0 saturated carbocycles. The molecule has 1 spiro atoms. The lowest BCUT2D eigenvalue weighted by Crippen LogP contribution is -2.60. The average molecular weight is 228 g/mol. The van der Waals surface area contributed by atoms with Crippen LogP contribution in [0.15, 0.2) is 0 Å². The van der Waals surface area contributed by atoms with Gasteiger partial charge in [-0.15, -0.1) is 5.06 Å². The van der Waals surface area contributed by atoms with E-state index in [4.69, 9.17) is 5.11 Å². The first-order chi connectivity index (χ1) is 7.63. The van der Waals surface area contributed by atoms with Gasteiger partial charge >= 0.3 is 6.16 Å². The van der Waals surface area contributed by atoms with E-state index in [9.17, 15) is 4.79 Å². The van der Waals surface area contributed by atoms with Crippen LogP contribution in [0.1, 0.15) is 26.2 Å². The molecule has 0 radical (unpaired) electrons. The van der Waals surface area contributed by atoms with Crippen molar-refractivity contribution in [3.8, 4) is 0 Å². The van der Waals surface area contributed by atoms with Crippen molar-refractivity contribution in [2.45, 2.75) is 26.2 Å². The number of hydrogen-bond acceptors (Lipinski definition) is 4. The van der Waals surface area contributed by atoms with Gasteiger partial charge in [0.05, 0.1) is 0 Å². The van der Waals surface area contributed by atoms with E-state index in [1.807, 2.05) is 0 Å². The molecule has 5 nitrogen and oxygen atoms in total. The molecule has 0 unspecified atom stereocenters. The molecule has 2 rings (SSSR count). The number of carboxylic acid groups (broad SMARTS) is 1. The summed E-state index contributed by atoms with van der Waals surface area (Å²) in [5.41, 5.74) is 0.333. The molecule has 1 N–H and O–H groups in total. The van der Waals surface area contributed by atoms with Gasteiger partial charge in [-0.2, -0.15) is 0 Å². The smallest absolute Gasteiger partial charge is 0.448 e. The lowest BCUT2D eigenvalue weighted by Gasteiger charge is -2.51. The molecule has 2 saturated heterocycles. The fourth-order valence-corrected chi connectivity index (χ4v) is 2.76. The molecule has 2 aliphatic heterocycles. The van der Waals surface area contributed by atoms with Crippen LogP contribution in [-0.4, -0.2) is 53.9 Å². The summed E-state index contributed by atoms with van der Waals surface area (Å²) >= 11 is 0. The number of rotatable bonds is 3. The Kier molecular flexibility index (Phi) is 3.35. The molecular weight excluding hydrogens is 208 g/mol. The van der Waals surface area contributed by atoms with Gasteiger partial charge in [-0.25, -0.2) is 4.79 Å². The molecule has 0 aliphatic carbocycles. The summed E-state index contributed by atoms with van der Waals surface area (Å²) in [6.07, 6.45) is 2.36. The molecule has 0 aromatic heterocycles. The summed E-state index contributed by atoms with van der Waals surface area (Å²) in [5, 5.41) is 10.0. The molecule has 2 heterocycles. The molecule has 2 fully saturated rings. The fraction of sp³-hybridized carbons (Fsp3) is 0.909. The number of nitrogens with zero attached hydrogens (tertiary/aromatic N) is 2. The standard InChI is InChI=1S/C11H20N2O3/c1-2-5-12-6-3-11(4-7-12)8-13(9-11)16-10(14)15/h2-9H2,1H3,(H,14,15). The Labute approximate surface area is 95.9 Å². The van der Waals surface area contributed by atoms with Gasteiger partial charge in [0.1, 0.15) is 0 Å². The van der Waals surface area contributed by atoms with E-state index in [0.717, 1.165) is 26.2 Å². The van der Waals surface area contributed by atoms with Crippen molar-refractivity contribution in [2.24, 2.45) is 5.41 Å². The maximum atomic E-state index is 10.3. The van der Waals surface area contributed by atoms with E-state index in [1.165, 1.54) is 25.8 Å². The van der Waals surface area contributed by atoms with Crippen LogP contribution in [0.2, 0.25) is 0 Å². The summed E-state index contributed by atoms with van der Waals surface area (Å²) in [4.78, 5) is 17.5. The van der Waals surface area contributed by atoms with E-state index in [1.54, 1.807) is 5.06 Å². The molecule has 0 aromatic rings. The summed E-state index contributed by atoms with van der Waals surface area (Å²) in [6, 6.07) is 0. The Balaban J connectivity index is 1.72. The van der Waals surface area contributed by atoms with E-state index in [0.29, 0.717) is 5.41 Å². The van der Waals surface area contributed by atoms with Crippen LogP contribution in [0.25, 0.3) is 0 Å². The van der Waals surface area contributed by atoms with Crippen LogP contribution < -0.4 is 0 Å². The van der Waals surface area contributed by atoms with Gasteiger partial charge < -0.3 is 14.8 Å². The number of hydroxylamine groups is 2. The van der Waals surface area contributed by atoms with Gasteiger partial charge in [-0.05, 0) is 38.9 Å². The third-order valence-corrected chi connectivity index (χ3v) is 3.69. The molecule has 0 aromatic carbocycles. The largest absolute Gasteiger partial charge is 0.525 e. The molecule has 5 heteroatoms. The SMILES string of the molecule is CCCN1CCC2(CC1)CN(OC(=O)O)C2. The zero-order valence-electron chi connectivity index (χ0n) is 9.81. The number of likely N-dealkylation sites (tertiary alicyclic amines) is 1. The highest BCUT2D eigenvalue weighted by Gasteiger charge is 2.46. The van der Waals surface area contributed by atoms with Gasteiger partial charge in [-0.3, -0.25) is 0 Å². The predicted octanol–water partition coefficient (Wildman–Crippen LogP) is 1.40. The Morgan fingerprint density at radius 3 is 2.50 bits per heavy atom. The highest BCUT2D eigenvalue weighted by atomic mass is 16.8. The van der Waals surface area contributed by atoms with Crippen molar-refractivity contribution in [1.29, 1.82) is 0 Å². The topological polar surface area (TPSA) is 53.0 Å². The highest BCUT2D eigenvalue weighted by Crippen LogP contribution is 2.40. The summed E-state index contributed by atoms with van der Waals surface area (Å²) in [6.45, 7) is 7.24. The van der Waals surface area contributed by atoms with Crippen molar-refractivity contribution >= 4 is 6.16 Å². The maximum absolute atomic E-state index is 10.3. The van der Waals surface area contributed by atoms with Gasteiger partial charge in [0, 0.05) is 18.5 Å². The van der Waals surface area contributed by atoms with Crippen LogP contribution in [-0.2, 0) is 4.84 Å². The predicted molar refractivity (Wildman–Crippen MR) is 59.1 cm³/mol. The molecule has 92 valence electrons. The molecule has 0 bridgehead atoms. The van der Waals surface area contributed by atoms with Gasteiger partial charge in [0.15, 0.2) is 0 Å². The van der Waals surface area contributed by atoms with Crippen LogP contribution in [0.4, 0.5) is 4.79 Å². The zero-order chi connectivity index (χ0) is 11.6. The molecule has 2 aliphatic rings. The summed E-state index contributed by atoms with van der Waals surface area (Å²) in [7, 11) is 0. The third kappa shape index (κ3) is 2.47. The molecular formula is C11H20N2O3. The van der Waals surface area contributed by atoms with Crippen LogP contribution in [0.3, 0.4) is 0 Å². The lowest BCUT2D eigenvalue weighted by atomic mass is 9.73. The summed E-state index contributed by atoms with van der Waals surface area (Å²) in [5.74, 6) is 0. The second-order valence-corrected chi connectivity index (χ2v) is 5.00.